The molecule has 2 heteroatoms. The lowest BCUT2D eigenvalue weighted by Crippen LogP contribution is -2.20. The zero-order chi connectivity index (χ0) is 16.5. The van der Waals surface area contributed by atoms with E-state index in [1.54, 1.807) is 0 Å². The summed E-state index contributed by atoms with van der Waals surface area (Å²) >= 11 is 0. The molecule has 0 aromatic carbocycles. The zero-order valence-electron chi connectivity index (χ0n) is 14.6. The van der Waals surface area contributed by atoms with E-state index in [1.165, 1.54) is 12.0 Å². The van der Waals surface area contributed by atoms with Crippen molar-refractivity contribution < 1.29 is 10.2 Å². The van der Waals surface area contributed by atoms with Crippen molar-refractivity contribution in [1.29, 1.82) is 0 Å². The van der Waals surface area contributed by atoms with Crippen LogP contribution >= 0.6 is 0 Å². The van der Waals surface area contributed by atoms with Crippen LogP contribution in [0.15, 0.2) is 35.5 Å². The molecule has 0 amide bonds. The second-order valence-corrected chi connectivity index (χ2v) is 7.94. The lowest BCUT2D eigenvalue weighted by Gasteiger charge is -2.18. The van der Waals surface area contributed by atoms with Crippen LogP contribution in [0.4, 0.5) is 0 Å². The Labute approximate surface area is 135 Å². The molecule has 2 aliphatic carbocycles. The van der Waals surface area contributed by atoms with E-state index in [9.17, 15) is 10.2 Å². The second-order valence-electron chi connectivity index (χ2n) is 7.94. The van der Waals surface area contributed by atoms with Crippen molar-refractivity contribution in [1.82, 2.24) is 0 Å². The van der Waals surface area contributed by atoms with E-state index in [0.717, 1.165) is 36.3 Å². The molecule has 1 saturated carbocycles. The molecule has 4 atom stereocenters. The molecule has 124 valence electrons. The summed E-state index contributed by atoms with van der Waals surface area (Å²) in [4.78, 5) is 0. The molecule has 0 aromatic rings. The van der Waals surface area contributed by atoms with Crippen LogP contribution in [-0.2, 0) is 0 Å². The van der Waals surface area contributed by atoms with Gasteiger partial charge in [0.1, 0.15) is 0 Å². The zero-order valence-corrected chi connectivity index (χ0v) is 14.6. The van der Waals surface area contributed by atoms with Crippen molar-refractivity contribution in [2.75, 3.05) is 0 Å². The number of aliphatic hydroxyl groups is 2. The normalized spacial score (nSPS) is 36.7. The van der Waals surface area contributed by atoms with Gasteiger partial charge in [-0.15, -0.1) is 0 Å². The summed E-state index contributed by atoms with van der Waals surface area (Å²) in [6, 6.07) is 0. The standard InChI is InChI=1S/C20H32O2/c1-13-7-6-8-14(2)18(21)12-19(22)15(3)9-10-16-17(11-13)20(16,4)5/h7,9,16-19,21-22H,2,6,8,10-12H2,1,3-5H3. The van der Waals surface area contributed by atoms with Gasteiger partial charge in [0.25, 0.3) is 0 Å². The largest absolute Gasteiger partial charge is 0.389 e. The average molecular weight is 304 g/mol. The topological polar surface area (TPSA) is 40.5 Å². The highest BCUT2D eigenvalue weighted by Gasteiger charge is 2.55. The summed E-state index contributed by atoms with van der Waals surface area (Å²) in [5.41, 5.74) is 3.68. The van der Waals surface area contributed by atoms with E-state index in [-0.39, 0.29) is 0 Å². The van der Waals surface area contributed by atoms with E-state index >= 15 is 0 Å². The highest BCUT2D eigenvalue weighted by Crippen LogP contribution is 2.62. The van der Waals surface area contributed by atoms with Crippen LogP contribution in [0.3, 0.4) is 0 Å². The van der Waals surface area contributed by atoms with E-state index in [2.05, 4.69) is 39.5 Å². The first-order valence-electron chi connectivity index (χ1n) is 8.59. The molecule has 4 unspecified atom stereocenters. The van der Waals surface area contributed by atoms with Gasteiger partial charge in [0, 0.05) is 6.42 Å². The van der Waals surface area contributed by atoms with Gasteiger partial charge in [-0.25, -0.2) is 0 Å². The molecule has 0 radical (unpaired) electrons. The Morgan fingerprint density at radius 2 is 1.77 bits per heavy atom. The maximum Gasteiger partial charge on any atom is 0.0775 e. The summed E-state index contributed by atoms with van der Waals surface area (Å²) in [6.07, 6.45) is 7.60. The summed E-state index contributed by atoms with van der Waals surface area (Å²) in [5.74, 6) is 1.46. The smallest absolute Gasteiger partial charge is 0.0775 e. The Morgan fingerprint density at radius 3 is 2.45 bits per heavy atom. The summed E-state index contributed by atoms with van der Waals surface area (Å²) in [5, 5.41) is 20.4. The van der Waals surface area contributed by atoms with Gasteiger partial charge < -0.3 is 10.2 Å². The fourth-order valence-corrected chi connectivity index (χ4v) is 3.84. The number of allylic oxidation sites excluding steroid dienone is 3. The third kappa shape index (κ3) is 3.91. The molecule has 0 aromatic heterocycles. The molecule has 2 nitrogen and oxygen atoms in total. The molecular weight excluding hydrogens is 272 g/mol. The van der Waals surface area contributed by atoms with Crippen molar-refractivity contribution in [2.45, 2.75) is 72.0 Å². The molecule has 2 rings (SSSR count). The van der Waals surface area contributed by atoms with Gasteiger partial charge in [0.15, 0.2) is 0 Å². The van der Waals surface area contributed by atoms with Crippen LogP contribution < -0.4 is 0 Å². The number of aliphatic hydroxyl groups excluding tert-OH is 2. The molecule has 2 N–H and O–H groups in total. The number of fused-ring (bicyclic) bond motifs is 1. The van der Waals surface area contributed by atoms with Crippen LogP contribution in [0.2, 0.25) is 0 Å². The third-order valence-electron chi connectivity index (χ3n) is 5.93. The lowest BCUT2D eigenvalue weighted by atomic mass is 9.95. The Balaban J connectivity index is 2.15. The molecule has 0 bridgehead atoms. The Bertz CT molecular complexity index is 484. The van der Waals surface area contributed by atoms with Gasteiger partial charge in [-0.2, -0.15) is 0 Å². The van der Waals surface area contributed by atoms with Crippen molar-refractivity contribution in [2.24, 2.45) is 17.3 Å². The average Bonchev–Trinajstić information content (AvgIpc) is 2.94. The van der Waals surface area contributed by atoms with Crippen molar-refractivity contribution in [3.8, 4) is 0 Å². The van der Waals surface area contributed by atoms with E-state index in [0.29, 0.717) is 17.8 Å². The number of hydrogen-bond acceptors (Lipinski definition) is 2. The predicted molar refractivity (Wildman–Crippen MR) is 92.5 cm³/mol. The minimum absolute atomic E-state index is 0.362. The van der Waals surface area contributed by atoms with Crippen molar-refractivity contribution in [3.05, 3.63) is 35.5 Å². The Morgan fingerprint density at radius 1 is 1.09 bits per heavy atom. The van der Waals surface area contributed by atoms with Crippen LogP contribution in [0.25, 0.3) is 0 Å². The van der Waals surface area contributed by atoms with Crippen molar-refractivity contribution in [3.63, 3.8) is 0 Å². The fourth-order valence-electron chi connectivity index (χ4n) is 3.84. The van der Waals surface area contributed by atoms with Gasteiger partial charge in [-0.1, -0.05) is 38.2 Å². The maximum absolute atomic E-state index is 10.3. The van der Waals surface area contributed by atoms with E-state index in [4.69, 9.17) is 0 Å². The van der Waals surface area contributed by atoms with Crippen molar-refractivity contribution >= 4 is 0 Å². The maximum atomic E-state index is 10.3. The lowest BCUT2D eigenvalue weighted by molar-refractivity contribution is 0.118. The quantitative estimate of drug-likeness (QED) is 0.651. The van der Waals surface area contributed by atoms with Gasteiger partial charge in [-0.3, -0.25) is 0 Å². The van der Waals surface area contributed by atoms with Crippen LogP contribution in [-0.4, -0.2) is 22.4 Å². The van der Waals surface area contributed by atoms with Gasteiger partial charge in [-0.05, 0) is 67.9 Å². The molecule has 1 fully saturated rings. The number of rotatable bonds is 0. The SMILES string of the molecule is C=C1CCC=C(C)CC2C(CC=C(C)C(O)CC1O)C2(C)C. The first-order chi connectivity index (χ1) is 10.2. The van der Waals surface area contributed by atoms with Crippen LogP contribution in [0.5, 0.6) is 0 Å². The van der Waals surface area contributed by atoms with Gasteiger partial charge in [0.05, 0.1) is 12.2 Å². The van der Waals surface area contributed by atoms with Crippen LogP contribution in [0.1, 0.15) is 59.8 Å². The van der Waals surface area contributed by atoms with Crippen LogP contribution in [0, 0.1) is 17.3 Å². The van der Waals surface area contributed by atoms with E-state index in [1.807, 2.05) is 6.92 Å². The molecule has 0 heterocycles. The molecule has 22 heavy (non-hydrogen) atoms. The predicted octanol–water partition coefficient (Wildman–Crippen LogP) is 4.39. The Hall–Kier alpha value is -0.860. The first-order valence-corrected chi connectivity index (χ1v) is 8.59. The molecule has 0 spiro atoms. The summed E-state index contributed by atoms with van der Waals surface area (Å²) in [6.45, 7) is 12.9. The molecule has 0 aliphatic heterocycles. The fraction of sp³-hybridized carbons (Fsp3) is 0.700. The molecule has 2 aliphatic rings. The third-order valence-corrected chi connectivity index (χ3v) is 5.93. The highest BCUT2D eigenvalue weighted by atomic mass is 16.3. The highest BCUT2D eigenvalue weighted by molar-refractivity contribution is 5.17. The first kappa shape index (κ1) is 17.5. The summed E-state index contributed by atoms with van der Waals surface area (Å²) < 4.78 is 0. The molecular formula is C20H32O2. The van der Waals surface area contributed by atoms with Gasteiger partial charge >= 0.3 is 0 Å². The molecule has 0 saturated heterocycles. The van der Waals surface area contributed by atoms with E-state index < -0.39 is 12.2 Å². The van der Waals surface area contributed by atoms with Gasteiger partial charge in [0.2, 0.25) is 0 Å². The monoisotopic (exact) mass is 304 g/mol. The number of hydrogen-bond donors (Lipinski definition) is 2. The Kier molecular flexibility index (Phi) is 5.34. The summed E-state index contributed by atoms with van der Waals surface area (Å²) in [7, 11) is 0. The second kappa shape index (κ2) is 6.72. The minimum Gasteiger partial charge on any atom is -0.389 e. The minimum atomic E-state index is -0.611.